The predicted molar refractivity (Wildman–Crippen MR) is 85.9 cm³/mol. The monoisotopic (exact) mass is 282 g/mol. The van der Waals surface area contributed by atoms with Crippen molar-refractivity contribution in [3.05, 3.63) is 70.8 Å². The summed E-state index contributed by atoms with van der Waals surface area (Å²) in [6.45, 7) is 5.75. The summed E-state index contributed by atoms with van der Waals surface area (Å²) in [4.78, 5) is 11.8. The number of hydrogen-bond donors (Lipinski definition) is 2. The van der Waals surface area contributed by atoms with Gasteiger partial charge >= 0.3 is 0 Å². The van der Waals surface area contributed by atoms with Crippen LogP contribution >= 0.6 is 0 Å². The summed E-state index contributed by atoms with van der Waals surface area (Å²) in [6, 6.07) is 16.4. The van der Waals surface area contributed by atoms with Gasteiger partial charge in [0.05, 0.1) is 6.54 Å². The van der Waals surface area contributed by atoms with Gasteiger partial charge in [0, 0.05) is 13.1 Å². The van der Waals surface area contributed by atoms with Crippen LogP contribution in [0.3, 0.4) is 0 Å². The highest BCUT2D eigenvalue weighted by molar-refractivity contribution is 5.77. The van der Waals surface area contributed by atoms with Gasteiger partial charge in [0.2, 0.25) is 5.91 Å². The van der Waals surface area contributed by atoms with Gasteiger partial charge in [-0.1, -0.05) is 54.1 Å². The van der Waals surface area contributed by atoms with Crippen molar-refractivity contribution >= 4 is 5.91 Å². The molecule has 0 radical (unpaired) electrons. The fourth-order valence-corrected chi connectivity index (χ4v) is 2.20. The second-order valence-electron chi connectivity index (χ2n) is 5.30. The number of amides is 1. The topological polar surface area (TPSA) is 41.1 Å². The highest BCUT2D eigenvalue weighted by atomic mass is 16.1. The van der Waals surface area contributed by atoms with Crippen molar-refractivity contribution in [3.63, 3.8) is 0 Å². The average Bonchev–Trinajstić information content (AvgIpc) is 2.47. The molecule has 21 heavy (non-hydrogen) atoms. The Morgan fingerprint density at radius 2 is 1.81 bits per heavy atom. The van der Waals surface area contributed by atoms with Crippen molar-refractivity contribution in [2.24, 2.45) is 0 Å². The summed E-state index contributed by atoms with van der Waals surface area (Å²) >= 11 is 0. The van der Waals surface area contributed by atoms with Crippen LogP contribution in [0.15, 0.2) is 48.5 Å². The van der Waals surface area contributed by atoms with Gasteiger partial charge in [-0.2, -0.15) is 0 Å². The molecule has 1 amide bonds. The van der Waals surface area contributed by atoms with Crippen LogP contribution in [0.1, 0.15) is 22.3 Å². The molecular formula is C18H22N2O. The smallest absolute Gasteiger partial charge is 0.234 e. The SMILES string of the molecule is Cc1cccc(CNC(=O)CNCc2ccccc2C)c1. The maximum Gasteiger partial charge on any atom is 0.234 e. The summed E-state index contributed by atoms with van der Waals surface area (Å²) in [7, 11) is 0. The third kappa shape index (κ3) is 5.04. The largest absolute Gasteiger partial charge is 0.351 e. The Balaban J connectivity index is 1.72. The molecule has 2 aromatic carbocycles. The second kappa shape index (κ2) is 7.60. The molecule has 3 nitrogen and oxygen atoms in total. The van der Waals surface area contributed by atoms with Crippen LogP contribution in [0, 0.1) is 13.8 Å². The Labute approximate surface area is 126 Å². The minimum absolute atomic E-state index is 0.0186. The zero-order valence-corrected chi connectivity index (χ0v) is 12.6. The van der Waals surface area contributed by atoms with Crippen LogP contribution in [-0.2, 0) is 17.9 Å². The number of nitrogens with one attached hydrogen (secondary N) is 2. The van der Waals surface area contributed by atoms with Crippen molar-refractivity contribution < 1.29 is 4.79 Å². The first-order valence-electron chi connectivity index (χ1n) is 7.22. The summed E-state index contributed by atoms with van der Waals surface area (Å²) in [5, 5.41) is 6.10. The van der Waals surface area contributed by atoms with Crippen molar-refractivity contribution in [2.75, 3.05) is 6.54 Å². The van der Waals surface area contributed by atoms with Crippen LogP contribution in [0.25, 0.3) is 0 Å². The van der Waals surface area contributed by atoms with E-state index in [1.165, 1.54) is 16.7 Å². The zero-order chi connectivity index (χ0) is 15.1. The standard InChI is InChI=1S/C18H22N2O/c1-14-6-5-8-16(10-14)11-20-18(21)13-19-12-17-9-4-3-7-15(17)2/h3-10,19H,11-13H2,1-2H3,(H,20,21). The fraction of sp³-hybridized carbons (Fsp3) is 0.278. The van der Waals surface area contributed by atoms with E-state index in [2.05, 4.69) is 48.7 Å². The van der Waals surface area contributed by atoms with Crippen LogP contribution in [0.4, 0.5) is 0 Å². The zero-order valence-electron chi connectivity index (χ0n) is 12.6. The normalized spacial score (nSPS) is 10.4. The third-order valence-corrected chi connectivity index (χ3v) is 3.43. The molecule has 0 aliphatic rings. The van der Waals surface area contributed by atoms with E-state index in [1.807, 2.05) is 24.3 Å². The first-order valence-corrected chi connectivity index (χ1v) is 7.22. The Morgan fingerprint density at radius 1 is 1.00 bits per heavy atom. The number of carbonyl (C=O) groups excluding carboxylic acids is 1. The fourth-order valence-electron chi connectivity index (χ4n) is 2.20. The van der Waals surface area contributed by atoms with Gasteiger partial charge in [0.25, 0.3) is 0 Å². The molecular weight excluding hydrogens is 260 g/mol. The second-order valence-corrected chi connectivity index (χ2v) is 5.30. The predicted octanol–water partition coefficient (Wildman–Crippen LogP) is 2.71. The van der Waals surface area contributed by atoms with E-state index in [0.29, 0.717) is 19.6 Å². The van der Waals surface area contributed by atoms with Crippen molar-refractivity contribution in [1.29, 1.82) is 0 Å². The van der Waals surface area contributed by atoms with Crippen molar-refractivity contribution in [2.45, 2.75) is 26.9 Å². The molecule has 2 N–H and O–H groups in total. The molecule has 0 aliphatic carbocycles. The number of benzene rings is 2. The average molecular weight is 282 g/mol. The molecule has 2 aromatic rings. The number of aryl methyl sites for hydroxylation is 2. The Hall–Kier alpha value is -2.13. The molecule has 0 heterocycles. The van der Waals surface area contributed by atoms with E-state index >= 15 is 0 Å². The summed E-state index contributed by atoms with van der Waals surface area (Å²) in [5.74, 6) is 0.0186. The number of hydrogen-bond acceptors (Lipinski definition) is 2. The molecule has 0 saturated carbocycles. The summed E-state index contributed by atoms with van der Waals surface area (Å²) in [6.07, 6.45) is 0. The Morgan fingerprint density at radius 3 is 2.57 bits per heavy atom. The van der Waals surface area contributed by atoms with Crippen LogP contribution < -0.4 is 10.6 Å². The highest BCUT2D eigenvalue weighted by Gasteiger charge is 2.02. The number of carbonyl (C=O) groups is 1. The number of rotatable bonds is 6. The molecule has 3 heteroatoms. The van der Waals surface area contributed by atoms with Gasteiger partial charge in [0.1, 0.15) is 0 Å². The van der Waals surface area contributed by atoms with Gasteiger partial charge in [-0.05, 0) is 30.5 Å². The van der Waals surface area contributed by atoms with E-state index in [0.717, 1.165) is 5.56 Å². The summed E-state index contributed by atoms with van der Waals surface area (Å²) < 4.78 is 0. The molecule has 110 valence electrons. The first kappa shape index (κ1) is 15.3. The lowest BCUT2D eigenvalue weighted by atomic mass is 10.1. The molecule has 0 aliphatic heterocycles. The molecule has 0 bridgehead atoms. The van der Waals surface area contributed by atoms with Crippen molar-refractivity contribution in [1.82, 2.24) is 10.6 Å². The van der Waals surface area contributed by atoms with Gasteiger partial charge in [-0.15, -0.1) is 0 Å². The lowest BCUT2D eigenvalue weighted by Gasteiger charge is -2.09. The molecule has 0 spiro atoms. The van der Waals surface area contributed by atoms with Gasteiger partial charge in [0.15, 0.2) is 0 Å². The lowest BCUT2D eigenvalue weighted by Crippen LogP contribution is -2.33. The van der Waals surface area contributed by atoms with E-state index in [-0.39, 0.29) is 5.91 Å². The minimum Gasteiger partial charge on any atom is -0.351 e. The highest BCUT2D eigenvalue weighted by Crippen LogP contribution is 2.06. The maximum absolute atomic E-state index is 11.8. The quantitative estimate of drug-likeness (QED) is 0.855. The summed E-state index contributed by atoms with van der Waals surface area (Å²) in [5.41, 5.74) is 4.80. The first-order chi connectivity index (χ1) is 10.1. The third-order valence-electron chi connectivity index (χ3n) is 3.43. The Kier molecular flexibility index (Phi) is 5.52. The minimum atomic E-state index is 0.0186. The van der Waals surface area contributed by atoms with Gasteiger partial charge in [-0.25, -0.2) is 0 Å². The van der Waals surface area contributed by atoms with Gasteiger partial charge in [-0.3, -0.25) is 4.79 Å². The van der Waals surface area contributed by atoms with E-state index in [4.69, 9.17) is 0 Å². The van der Waals surface area contributed by atoms with E-state index < -0.39 is 0 Å². The maximum atomic E-state index is 11.8. The molecule has 2 rings (SSSR count). The molecule has 0 fully saturated rings. The lowest BCUT2D eigenvalue weighted by molar-refractivity contribution is -0.120. The van der Waals surface area contributed by atoms with Gasteiger partial charge < -0.3 is 10.6 Å². The molecule has 0 saturated heterocycles. The van der Waals surface area contributed by atoms with Crippen molar-refractivity contribution in [3.8, 4) is 0 Å². The Bertz CT molecular complexity index is 608. The van der Waals surface area contributed by atoms with Crippen LogP contribution in [-0.4, -0.2) is 12.5 Å². The van der Waals surface area contributed by atoms with E-state index in [1.54, 1.807) is 0 Å². The van der Waals surface area contributed by atoms with Crippen LogP contribution in [0.5, 0.6) is 0 Å². The van der Waals surface area contributed by atoms with Crippen LogP contribution in [0.2, 0.25) is 0 Å². The van der Waals surface area contributed by atoms with E-state index in [9.17, 15) is 4.79 Å². The molecule has 0 atom stereocenters. The molecule has 0 aromatic heterocycles. The molecule has 0 unspecified atom stereocenters.